The summed E-state index contributed by atoms with van der Waals surface area (Å²) in [6.45, 7) is 0.988. The summed E-state index contributed by atoms with van der Waals surface area (Å²) in [4.78, 5) is 0. The lowest BCUT2D eigenvalue weighted by atomic mass is 10.3. The Bertz CT molecular complexity index is 454. The maximum absolute atomic E-state index is 5.70. The minimum Gasteiger partial charge on any atom is -0.442 e. The highest BCUT2D eigenvalue weighted by Crippen LogP contribution is 2.27. The second-order valence-corrected chi connectivity index (χ2v) is 4.75. The lowest BCUT2D eigenvalue weighted by Gasteiger charge is -1.94. The predicted octanol–water partition coefficient (Wildman–Crippen LogP) is 2.60. The topological polar surface area (TPSA) is 51.0 Å². The van der Waals surface area contributed by atoms with Gasteiger partial charge in [-0.25, -0.2) is 0 Å². The summed E-state index contributed by atoms with van der Waals surface area (Å²) < 4.78 is 5.27. The lowest BCUT2D eigenvalue weighted by molar-refractivity contribution is 0.583. The molecule has 6 heteroatoms. The molecule has 2 rings (SSSR count). The molecular formula is C10H12ClN3OS. The van der Waals surface area contributed by atoms with Gasteiger partial charge in [0.15, 0.2) is 16.0 Å². The zero-order valence-corrected chi connectivity index (χ0v) is 10.4. The molecule has 0 amide bonds. The van der Waals surface area contributed by atoms with Gasteiger partial charge in [-0.15, -0.1) is 10.2 Å². The Balaban J connectivity index is 2.02. The van der Waals surface area contributed by atoms with Crippen molar-refractivity contribution in [3.8, 4) is 10.8 Å². The third kappa shape index (κ3) is 2.81. The third-order valence-electron chi connectivity index (χ3n) is 2.07. The molecule has 16 heavy (non-hydrogen) atoms. The van der Waals surface area contributed by atoms with Crippen LogP contribution >= 0.6 is 22.9 Å². The van der Waals surface area contributed by atoms with Crippen LogP contribution in [0, 0.1) is 0 Å². The van der Waals surface area contributed by atoms with E-state index >= 15 is 0 Å². The summed E-state index contributed by atoms with van der Waals surface area (Å²) in [6, 6.07) is 3.51. The van der Waals surface area contributed by atoms with E-state index in [1.54, 1.807) is 23.5 Å². The van der Waals surface area contributed by atoms with Gasteiger partial charge in [0.2, 0.25) is 0 Å². The highest BCUT2D eigenvalue weighted by atomic mass is 35.5. The Hall–Kier alpha value is -0.910. The van der Waals surface area contributed by atoms with Crippen LogP contribution in [0.3, 0.4) is 0 Å². The van der Waals surface area contributed by atoms with Crippen LogP contribution in [0.25, 0.3) is 10.8 Å². The molecule has 86 valence electrons. The first-order valence-corrected chi connectivity index (χ1v) is 6.21. The second kappa shape index (κ2) is 5.43. The van der Waals surface area contributed by atoms with Gasteiger partial charge in [-0.2, -0.15) is 0 Å². The summed E-state index contributed by atoms with van der Waals surface area (Å²) in [5.74, 6) is 0.683. The molecule has 0 aliphatic rings. The van der Waals surface area contributed by atoms with E-state index < -0.39 is 0 Å². The monoisotopic (exact) mass is 257 g/mol. The first kappa shape index (κ1) is 11.6. The predicted molar refractivity (Wildman–Crippen MR) is 64.9 cm³/mol. The molecule has 0 saturated heterocycles. The number of halogens is 1. The van der Waals surface area contributed by atoms with Gasteiger partial charge in [0.1, 0.15) is 5.01 Å². The fraction of sp³-hybridized carbons (Fsp3) is 0.400. The Morgan fingerprint density at radius 2 is 2.31 bits per heavy atom. The van der Waals surface area contributed by atoms with Crippen molar-refractivity contribution in [3.05, 3.63) is 22.4 Å². The third-order valence-corrected chi connectivity index (χ3v) is 3.27. The van der Waals surface area contributed by atoms with Crippen LogP contribution < -0.4 is 5.32 Å². The van der Waals surface area contributed by atoms with Crippen molar-refractivity contribution in [2.75, 3.05) is 13.6 Å². The van der Waals surface area contributed by atoms with E-state index in [-0.39, 0.29) is 0 Å². The Kier molecular flexibility index (Phi) is 3.93. The molecule has 2 aromatic rings. The number of hydrogen-bond donors (Lipinski definition) is 1. The van der Waals surface area contributed by atoms with Crippen molar-refractivity contribution in [2.24, 2.45) is 0 Å². The number of aryl methyl sites for hydroxylation is 1. The maximum atomic E-state index is 5.70. The van der Waals surface area contributed by atoms with Crippen molar-refractivity contribution in [1.82, 2.24) is 15.5 Å². The van der Waals surface area contributed by atoms with Crippen LogP contribution in [0.4, 0.5) is 0 Å². The highest BCUT2D eigenvalue weighted by Gasteiger charge is 2.09. The molecule has 0 saturated carbocycles. The lowest BCUT2D eigenvalue weighted by Crippen LogP contribution is -2.08. The van der Waals surface area contributed by atoms with E-state index in [4.69, 9.17) is 16.0 Å². The normalized spacial score (nSPS) is 10.9. The number of nitrogens with one attached hydrogen (secondary N) is 1. The van der Waals surface area contributed by atoms with Crippen LogP contribution in [0.15, 0.2) is 16.5 Å². The molecule has 4 nitrogen and oxygen atoms in total. The molecule has 2 aromatic heterocycles. The number of furan rings is 1. The molecule has 0 bridgehead atoms. The van der Waals surface area contributed by atoms with Crippen LogP contribution in [0.5, 0.6) is 0 Å². The molecule has 0 aliphatic heterocycles. The standard InChI is InChI=1S/C10H12ClN3OS/c1-12-6-2-3-9-13-14-10(16-9)7-4-5-8(11)15-7/h4-5,12H,2-3,6H2,1H3. The van der Waals surface area contributed by atoms with Gasteiger partial charge in [-0.05, 0) is 43.7 Å². The average Bonchev–Trinajstić information content (AvgIpc) is 2.87. The molecular weight excluding hydrogens is 246 g/mol. The summed E-state index contributed by atoms with van der Waals surface area (Å²) in [6.07, 6.45) is 2.00. The number of rotatable bonds is 5. The van der Waals surface area contributed by atoms with Crippen molar-refractivity contribution < 1.29 is 4.42 Å². The molecule has 2 heterocycles. The van der Waals surface area contributed by atoms with Crippen LogP contribution in [-0.2, 0) is 6.42 Å². The van der Waals surface area contributed by atoms with Crippen molar-refractivity contribution in [3.63, 3.8) is 0 Å². The van der Waals surface area contributed by atoms with E-state index in [1.165, 1.54) is 0 Å². The minimum absolute atomic E-state index is 0.377. The molecule has 0 aromatic carbocycles. The Morgan fingerprint density at radius 3 is 3.00 bits per heavy atom. The van der Waals surface area contributed by atoms with Crippen molar-refractivity contribution in [2.45, 2.75) is 12.8 Å². The average molecular weight is 258 g/mol. The fourth-order valence-corrected chi connectivity index (χ4v) is 2.29. The molecule has 0 unspecified atom stereocenters. The molecule has 0 fully saturated rings. The molecule has 0 aliphatic carbocycles. The number of aromatic nitrogens is 2. The molecule has 0 radical (unpaired) electrons. The van der Waals surface area contributed by atoms with Gasteiger partial charge < -0.3 is 9.73 Å². The van der Waals surface area contributed by atoms with E-state index in [2.05, 4.69) is 15.5 Å². The van der Waals surface area contributed by atoms with Gasteiger partial charge in [-0.3, -0.25) is 0 Å². The molecule has 0 atom stereocenters. The summed E-state index contributed by atoms with van der Waals surface area (Å²) >= 11 is 7.25. The summed E-state index contributed by atoms with van der Waals surface area (Å²) in [7, 11) is 1.94. The first-order valence-electron chi connectivity index (χ1n) is 5.02. The molecule has 1 N–H and O–H groups in total. The quantitative estimate of drug-likeness (QED) is 0.837. The van der Waals surface area contributed by atoms with Crippen molar-refractivity contribution in [1.29, 1.82) is 0 Å². The van der Waals surface area contributed by atoms with E-state index in [1.807, 2.05) is 7.05 Å². The first-order chi connectivity index (χ1) is 7.79. The van der Waals surface area contributed by atoms with Gasteiger partial charge in [0.25, 0.3) is 0 Å². The number of nitrogens with zero attached hydrogens (tertiary/aromatic N) is 2. The van der Waals surface area contributed by atoms with Crippen LogP contribution in [0.2, 0.25) is 5.22 Å². The maximum Gasteiger partial charge on any atom is 0.194 e. The van der Waals surface area contributed by atoms with Crippen LogP contribution in [0.1, 0.15) is 11.4 Å². The summed E-state index contributed by atoms with van der Waals surface area (Å²) in [5, 5.41) is 13.5. The Morgan fingerprint density at radius 1 is 1.44 bits per heavy atom. The van der Waals surface area contributed by atoms with E-state index in [0.717, 1.165) is 29.4 Å². The van der Waals surface area contributed by atoms with Gasteiger partial charge in [0.05, 0.1) is 0 Å². The highest BCUT2D eigenvalue weighted by molar-refractivity contribution is 7.14. The zero-order chi connectivity index (χ0) is 11.4. The summed E-state index contributed by atoms with van der Waals surface area (Å²) in [5.41, 5.74) is 0. The Labute approximate surface area is 103 Å². The van der Waals surface area contributed by atoms with E-state index in [0.29, 0.717) is 11.0 Å². The minimum atomic E-state index is 0.377. The van der Waals surface area contributed by atoms with Gasteiger partial charge in [0, 0.05) is 6.42 Å². The SMILES string of the molecule is CNCCCc1nnc(-c2ccc(Cl)o2)s1. The van der Waals surface area contributed by atoms with Crippen molar-refractivity contribution >= 4 is 22.9 Å². The fourth-order valence-electron chi connectivity index (χ4n) is 1.30. The molecule has 0 spiro atoms. The van der Waals surface area contributed by atoms with Gasteiger partial charge in [-0.1, -0.05) is 11.3 Å². The second-order valence-electron chi connectivity index (χ2n) is 3.31. The largest absolute Gasteiger partial charge is 0.442 e. The van der Waals surface area contributed by atoms with E-state index in [9.17, 15) is 0 Å². The smallest absolute Gasteiger partial charge is 0.194 e. The zero-order valence-electron chi connectivity index (χ0n) is 8.86. The number of hydrogen-bond acceptors (Lipinski definition) is 5. The van der Waals surface area contributed by atoms with Gasteiger partial charge >= 0.3 is 0 Å². The van der Waals surface area contributed by atoms with Crippen LogP contribution in [-0.4, -0.2) is 23.8 Å².